The molecule has 0 unspecified atom stereocenters. The van der Waals surface area contributed by atoms with Gasteiger partial charge in [0.1, 0.15) is 0 Å². The average molecular weight is 186 g/mol. The molecule has 3 heteroatoms. The molecule has 1 aromatic rings. The van der Waals surface area contributed by atoms with Gasteiger partial charge in [-0.3, -0.25) is 4.98 Å². The fraction of sp³-hybridized carbons (Fsp3) is 0.444. The van der Waals surface area contributed by atoms with Gasteiger partial charge in [0, 0.05) is 18.3 Å². The lowest BCUT2D eigenvalue weighted by molar-refractivity contribution is 0.166. The van der Waals surface area contributed by atoms with Crippen LogP contribution in [0.3, 0.4) is 0 Å². The molecule has 1 heterocycles. The Bertz CT molecular complexity index is 215. The van der Waals surface area contributed by atoms with Crippen molar-refractivity contribution >= 4 is 11.6 Å². The van der Waals surface area contributed by atoms with Crippen molar-refractivity contribution in [2.75, 3.05) is 5.88 Å². The first-order chi connectivity index (χ1) is 5.84. The van der Waals surface area contributed by atoms with Gasteiger partial charge in [-0.25, -0.2) is 0 Å². The number of hydrogen-bond acceptors (Lipinski definition) is 2. The fourth-order valence-corrected chi connectivity index (χ4v) is 1.16. The second-order valence-electron chi connectivity index (χ2n) is 2.63. The van der Waals surface area contributed by atoms with Crippen molar-refractivity contribution in [2.45, 2.75) is 18.9 Å². The van der Waals surface area contributed by atoms with Gasteiger partial charge in [0.25, 0.3) is 0 Å². The number of alkyl halides is 1. The predicted molar refractivity (Wildman–Crippen MR) is 49.2 cm³/mol. The number of halogens is 1. The molecule has 0 aliphatic rings. The number of pyridine rings is 1. The molecule has 0 spiro atoms. The molecule has 0 saturated carbocycles. The molecule has 0 radical (unpaired) electrons. The van der Waals surface area contributed by atoms with Crippen LogP contribution >= 0.6 is 11.6 Å². The Morgan fingerprint density at radius 2 is 2.42 bits per heavy atom. The zero-order chi connectivity index (χ0) is 8.81. The Hall–Kier alpha value is -0.600. The second kappa shape index (κ2) is 5.12. The van der Waals surface area contributed by atoms with E-state index in [1.807, 2.05) is 12.1 Å². The van der Waals surface area contributed by atoms with Gasteiger partial charge in [0.05, 0.1) is 6.10 Å². The Morgan fingerprint density at radius 1 is 1.58 bits per heavy atom. The molecule has 2 nitrogen and oxygen atoms in total. The highest BCUT2D eigenvalue weighted by Gasteiger charge is 2.05. The van der Waals surface area contributed by atoms with E-state index < -0.39 is 6.10 Å². The quantitative estimate of drug-likeness (QED) is 0.730. The van der Waals surface area contributed by atoms with Gasteiger partial charge in [-0.05, 0) is 24.5 Å². The van der Waals surface area contributed by atoms with Gasteiger partial charge in [-0.2, -0.15) is 0 Å². The van der Waals surface area contributed by atoms with Crippen LogP contribution in [0.1, 0.15) is 24.5 Å². The molecule has 0 amide bonds. The van der Waals surface area contributed by atoms with Crippen LogP contribution in [-0.2, 0) is 0 Å². The lowest BCUT2D eigenvalue weighted by Gasteiger charge is -2.08. The summed E-state index contributed by atoms with van der Waals surface area (Å²) in [5.74, 6) is 0.595. The van der Waals surface area contributed by atoms with E-state index >= 15 is 0 Å². The molecule has 0 bridgehead atoms. The summed E-state index contributed by atoms with van der Waals surface area (Å²) in [5, 5.41) is 9.55. The van der Waals surface area contributed by atoms with Crippen molar-refractivity contribution in [3.63, 3.8) is 0 Å². The molecule has 0 aromatic carbocycles. The minimum Gasteiger partial charge on any atom is -0.388 e. The summed E-state index contributed by atoms with van der Waals surface area (Å²) in [6, 6.07) is 3.69. The van der Waals surface area contributed by atoms with Gasteiger partial charge in [-0.15, -0.1) is 11.6 Å². The molecule has 0 saturated heterocycles. The Balaban J connectivity index is 2.48. The van der Waals surface area contributed by atoms with Gasteiger partial charge < -0.3 is 5.11 Å². The average Bonchev–Trinajstić information content (AvgIpc) is 2.15. The Labute approximate surface area is 77.2 Å². The third kappa shape index (κ3) is 2.80. The van der Waals surface area contributed by atoms with E-state index in [-0.39, 0.29) is 0 Å². The molecular weight excluding hydrogens is 174 g/mol. The van der Waals surface area contributed by atoms with Crippen molar-refractivity contribution < 1.29 is 5.11 Å². The van der Waals surface area contributed by atoms with E-state index in [1.165, 1.54) is 0 Å². The maximum Gasteiger partial charge on any atom is 0.0805 e. The monoisotopic (exact) mass is 185 g/mol. The maximum atomic E-state index is 9.55. The number of aliphatic hydroxyl groups is 1. The molecular formula is C9H12ClNO. The Kier molecular flexibility index (Phi) is 4.05. The van der Waals surface area contributed by atoms with Crippen LogP contribution in [0.5, 0.6) is 0 Å². The highest BCUT2D eigenvalue weighted by molar-refractivity contribution is 6.17. The van der Waals surface area contributed by atoms with Crippen LogP contribution < -0.4 is 0 Å². The first kappa shape index (κ1) is 9.49. The number of rotatable bonds is 4. The summed E-state index contributed by atoms with van der Waals surface area (Å²) in [4.78, 5) is 3.92. The number of hydrogen-bond donors (Lipinski definition) is 1. The molecule has 0 fully saturated rings. The van der Waals surface area contributed by atoms with Crippen molar-refractivity contribution in [3.8, 4) is 0 Å². The Morgan fingerprint density at radius 3 is 3.00 bits per heavy atom. The summed E-state index contributed by atoms with van der Waals surface area (Å²) in [6.07, 6.45) is 4.49. The third-order valence-electron chi connectivity index (χ3n) is 1.68. The van der Waals surface area contributed by atoms with Crippen molar-refractivity contribution in [2.24, 2.45) is 0 Å². The molecule has 66 valence electrons. The first-order valence-corrected chi connectivity index (χ1v) is 4.52. The van der Waals surface area contributed by atoms with Gasteiger partial charge in [0.15, 0.2) is 0 Å². The van der Waals surface area contributed by atoms with Crippen molar-refractivity contribution in [1.29, 1.82) is 0 Å². The molecule has 1 N–H and O–H groups in total. The summed E-state index contributed by atoms with van der Waals surface area (Å²) < 4.78 is 0. The van der Waals surface area contributed by atoms with E-state index in [2.05, 4.69) is 4.98 Å². The second-order valence-corrected chi connectivity index (χ2v) is 3.01. The largest absolute Gasteiger partial charge is 0.388 e. The highest BCUT2D eigenvalue weighted by Crippen LogP contribution is 2.16. The highest BCUT2D eigenvalue weighted by atomic mass is 35.5. The molecule has 0 aliphatic heterocycles. The van der Waals surface area contributed by atoms with Gasteiger partial charge in [0.2, 0.25) is 0 Å². The zero-order valence-electron chi connectivity index (χ0n) is 6.78. The zero-order valence-corrected chi connectivity index (χ0v) is 7.54. The van der Waals surface area contributed by atoms with Crippen LogP contribution in [0.25, 0.3) is 0 Å². The van der Waals surface area contributed by atoms with Crippen molar-refractivity contribution in [3.05, 3.63) is 30.1 Å². The lowest BCUT2D eigenvalue weighted by atomic mass is 10.1. The van der Waals surface area contributed by atoms with E-state index in [1.54, 1.807) is 12.4 Å². The normalized spacial score (nSPS) is 12.8. The molecule has 1 aromatic heterocycles. The van der Waals surface area contributed by atoms with Crippen LogP contribution in [0, 0.1) is 0 Å². The van der Waals surface area contributed by atoms with Crippen LogP contribution in [-0.4, -0.2) is 16.0 Å². The van der Waals surface area contributed by atoms with Gasteiger partial charge >= 0.3 is 0 Å². The van der Waals surface area contributed by atoms with Crippen LogP contribution in [0.2, 0.25) is 0 Å². The van der Waals surface area contributed by atoms with Gasteiger partial charge in [-0.1, -0.05) is 6.07 Å². The third-order valence-corrected chi connectivity index (χ3v) is 1.95. The smallest absolute Gasteiger partial charge is 0.0805 e. The fourth-order valence-electron chi connectivity index (χ4n) is 1.01. The summed E-state index contributed by atoms with van der Waals surface area (Å²) >= 11 is 5.51. The van der Waals surface area contributed by atoms with Crippen LogP contribution in [0.15, 0.2) is 24.5 Å². The van der Waals surface area contributed by atoms with E-state index in [0.717, 1.165) is 12.0 Å². The van der Waals surface area contributed by atoms with Crippen molar-refractivity contribution in [1.82, 2.24) is 4.98 Å². The van der Waals surface area contributed by atoms with Crippen LogP contribution in [0.4, 0.5) is 0 Å². The maximum absolute atomic E-state index is 9.55. The number of aliphatic hydroxyl groups excluding tert-OH is 1. The standard InChI is InChI=1S/C9H12ClNO/c10-5-1-4-9(12)8-3-2-6-11-7-8/h2-3,6-7,9,12H,1,4-5H2/t9-/m0/s1. The molecule has 1 rings (SSSR count). The van der Waals surface area contributed by atoms with E-state index in [4.69, 9.17) is 11.6 Å². The summed E-state index contributed by atoms with van der Waals surface area (Å²) in [6.45, 7) is 0. The SMILES string of the molecule is O[C@@H](CCCCl)c1cccnc1. The minimum absolute atomic E-state index is 0.419. The first-order valence-electron chi connectivity index (χ1n) is 3.98. The molecule has 0 aliphatic carbocycles. The van der Waals surface area contributed by atoms with E-state index in [9.17, 15) is 5.11 Å². The molecule has 12 heavy (non-hydrogen) atoms. The van der Waals surface area contributed by atoms with E-state index in [0.29, 0.717) is 12.3 Å². The molecule has 1 atom stereocenters. The summed E-state index contributed by atoms with van der Waals surface area (Å²) in [5.41, 5.74) is 0.864. The topological polar surface area (TPSA) is 33.1 Å². The number of aromatic nitrogens is 1. The predicted octanol–water partition coefficient (Wildman–Crippen LogP) is 2.13. The summed E-state index contributed by atoms with van der Waals surface area (Å²) in [7, 11) is 0. The lowest BCUT2D eigenvalue weighted by Crippen LogP contribution is -1.97. The number of nitrogens with zero attached hydrogens (tertiary/aromatic N) is 1. The minimum atomic E-state index is -0.419.